The molecule has 0 saturated carbocycles. The first-order valence-corrected chi connectivity index (χ1v) is 33.1. The van der Waals surface area contributed by atoms with Crippen molar-refractivity contribution >= 4 is 17.9 Å². The van der Waals surface area contributed by atoms with E-state index in [1.54, 1.807) is 0 Å². The minimum atomic E-state index is -0.798. The predicted molar refractivity (Wildman–Crippen MR) is 334 cm³/mol. The van der Waals surface area contributed by atoms with Crippen molar-refractivity contribution < 1.29 is 28.6 Å². The van der Waals surface area contributed by atoms with Crippen molar-refractivity contribution in [1.82, 2.24) is 0 Å². The van der Waals surface area contributed by atoms with Gasteiger partial charge in [0.15, 0.2) is 6.10 Å². The van der Waals surface area contributed by atoms with Crippen LogP contribution in [-0.2, 0) is 28.6 Å². The zero-order chi connectivity index (χ0) is 55.7. The number of carbonyl (C=O) groups is 3. The molecule has 0 aromatic heterocycles. The molecule has 77 heavy (non-hydrogen) atoms. The molecule has 0 amide bonds. The summed E-state index contributed by atoms with van der Waals surface area (Å²) in [5, 5.41) is 0. The third kappa shape index (κ3) is 63.3. The Kier molecular flexibility index (Phi) is 62.2. The summed E-state index contributed by atoms with van der Waals surface area (Å²) in [6, 6.07) is 0. The normalized spacial score (nSPS) is 12.6. The average Bonchev–Trinajstić information content (AvgIpc) is 3.43. The first kappa shape index (κ1) is 73.6. The molecular formula is C71H124O6. The minimum absolute atomic E-state index is 0.0911. The maximum absolute atomic E-state index is 12.9. The highest BCUT2D eigenvalue weighted by molar-refractivity contribution is 5.71. The molecule has 0 spiro atoms. The van der Waals surface area contributed by atoms with Crippen LogP contribution in [-0.4, -0.2) is 37.2 Å². The van der Waals surface area contributed by atoms with Gasteiger partial charge in [-0.15, -0.1) is 0 Å². The fraction of sp³-hybridized carbons (Fsp3) is 0.761. The summed E-state index contributed by atoms with van der Waals surface area (Å²) in [4.78, 5) is 38.3. The van der Waals surface area contributed by atoms with Crippen LogP contribution in [0.3, 0.4) is 0 Å². The van der Waals surface area contributed by atoms with Crippen LogP contribution in [0.5, 0.6) is 0 Å². The second-order valence-corrected chi connectivity index (χ2v) is 22.0. The predicted octanol–water partition coefficient (Wildman–Crippen LogP) is 22.7. The van der Waals surface area contributed by atoms with Gasteiger partial charge in [-0.25, -0.2) is 0 Å². The van der Waals surface area contributed by atoms with Crippen molar-refractivity contribution in [3.63, 3.8) is 0 Å². The molecule has 0 N–H and O–H groups in total. The highest BCUT2D eigenvalue weighted by atomic mass is 16.6. The molecule has 0 aliphatic heterocycles. The van der Waals surface area contributed by atoms with Gasteiger partial charge in [-0.1, -0.05) is 298 Å². The lowest BCUT2D eigenvalue weighted by Gasteiger charge is -2.18. The first-order valence-electron chi connectivity index (χ1n) is 33.1. The van der Waals surface area contributed by atoms with Crippen molar-refractivity contribution in [2.45, 2.75) is 335 Å². The van der Waals surface area contributed by atoms with Crippen LogP contribution in [0.15, 0.2) is 85.1 Å². The van der Waals surface area contributed by atoms with Crippen LogP contribution >= 0.6 is 0 Å². The SMILES string of the molecule is CC/C=C\C/C=C\C/C=C\C/C=C\C/C=C\C/C=C\CCCCC(=O)OC(COC(=O)CCCCCCCCCCCCC)COC(=O)CCCCCCCCCCCCCCCCC/C=C\CCCCCCCCCC. The van der Waals surface area contributed by atoms with Crippen LogP contribution in [0.2, 0.25) is 0 Å². The highest BCUT2D eigenvalue weighted by Crippen LogP contribution is 2.17. The van der Waals surface area contributed by atoms with Gasteiger partial charge in [0.25, 0.3) is 0 Å². The van der Waals surface area contributed by atoms with Crippen molar-refractivity contribution in [2.24, 2.45) is 0 Å². The number of ether oxygens (including phenoxy) is 3. The molecule has 1 unspecified atom stereocenters. The van der Waals surface area contributed by atoms with Gasteiger partial charge in [0.05, 0.1) is 0 Å². The van der Waals surface area contributed by atoms with Crippen LogP contribution in [0.1, 0.15) is 329 Å². The van der Waals surface area contributed by atoms with Gasteiger partial charge in [-0.2, -0.15) is 0 Å². The first-order chi connectivity index (χ1) is 38.0. The molecule has 0 fully saturated rings. The quantitative estimate of drug-likeness (QED) is 0.0261. The Morgan fingerprint density at radius 2 is 0.506 bits per heavy atom. The van der Waals surface area contributed by atoms with E-state index in [4.69, 9.17) is 14.2 Å². The number of unbranched alkanes of at least 4 members (excludes halogenated alkanes) is 35. The van der Waals surface area contributed by atoms with Gasteiger partial charge in [-0.05, 0) is 96.3 Å². The second kappa shape index (κ2) is 65.1. The number of carbonyl (C=O) groups excluding carboxylic acids is 3. The molecule has 1 atom stereocenters. The molecule has 444 valence electrons. The summed E-state index contributed by atoms with van der Waals surface area (Å²) in [7, 11) is 0. The average molecular weight is 1070 g/mol. The fourth-order valence-electron chi connectivity index (χ4n) is 9.44. The monoisotopic (exact) mass is 1070 g/mol. The number of hydrogen-bond acceptors (Lipinski definition) is 6. The van der Waals surface area contributed by atoms with Crippen LogP contribution in [0.4, 0.5) is 0 Å². The standard InChI is InChI=1S/C71H124O6/c1-4-7-10-13-16-19-22-24-26-28-30-32-33-34-35-36-37-39-40-42-44-46-49-52-55-58-61-64-70(73)76-67-68(66-75-69(72)63-60-57-54-51-48-21-18-15-12-9-6-3)77-71(74)65-62-59-56-53-50-47-45-43-41-38-31-29-27-25-23-20-17-14-11-8-5-2/h8,11,17,20,25,27-28,30-31,38,43,45,50,53,68H,4-7,9-10,12-16,18-19,21-24,26,29,32-37,39-42,44,46-49,51-52,54-67H2,1-3H3/b11-8-,20-17-,27-25-,30-28-,38-31-,45-43-,53-50-. The van der Waals surface area contributed by atoms with Crippen molar-refractivity contribution in [1.29, 1.82) is 0 Å². The molecule has 6 nitrogen and oxygen atoms in total. The van der Waals surface area contributed by atoms with Crippen molar-refractivity contribution in [3.05, 3.63) is 85.1 Å². The third-order valence-electron chi connectivity index (χ3n) is 14.4. The molecule has 0 aromatic carbocycles. The number of hydrogen-bond donors (Lipinski definition) is 0. The topological polar surface area (TPSA) is 78.9 Å². The van der Waals surface area contributed by atoms with Crippen LogP contribution in [0.25, 0.3) is 0 Å². The summed E-state index contributed by atoms with van der Waals surface area (Å²) in [5.41, 5.74) is 0. The van der Waals surface area contributed by atoms with Gasteiger partial charge < -0.3 is 14.2 Å². The van der Waals surface area contributed by atoms with E-state index >= 15 is 0 Å². The largest absolute Gasteiger partial charge is 0.462 e. The summed E-state index contributed by atoms with van der Waals surface area (Å²) >= 11 is 0. The zero-order valence-corrected chi connectivity index (χ0v) is 51.0. The lowest BCUT2D eigenvalue weighted by Crippen LogP contribution is -2.30. The highest BCUT2D eigenvalue weighted by Gasteiger charge is 2.19. The van der Waals surface area contributed by atoms with E-state index < -0.39 is 6.10 Å². The molecule has 0 radical (unpaired) electrons. The Balaban J connectivity index is 4.28. The van der Waals surface area contributed by atoms with Gasteiger partial charge in [0.1, 0.15) is 13.2 Å². The molecule has 0 aliphatic carbocycles. The molecular weight excluding hydrogens is 949 g/mol. The molecule has 0 aliphatic rings. The fourth-order valence-corrected chi connectivity index (χ4v) is 9.44. The van der Waals surface area contributed by atoms with E-state index in [1.165, 1.54) is 193 Å². The lowest BCUT2D eigenvalue weighted by atomic mass is 10.0. The minimum Gasteiger partial charge on any atom is -0.462 e. The summed E-state index contributed by atoms with van der Waals surface area (Å²) in [6.07, 6.45) is 86.1. The molecule has 0 bridgehead atoms. The Labute approximate surface area is 477 Å². The van der Waals surface area contributed by atoms with E-state index in [2.05, 4.69) is 106 Å². The number of esters is 3. The van der Waals surface area contributed by atoms with Gasteiger partial charge in [0, 0.05) is 19.3 Å². The Bertz CT molecular complexity index is 1470. The van der Waals surface area contributed by atoms with E-state index in [0.717, 1.165) is 89.9 Å². The summed E-state index contributed by atoms with van der Waals surface area (Å²) in [5.74, 6) is -0.922. The van der Waals surface area contributed by atoms with Crippen molar-refractivity contribution in [3.8, 4) is 0 Å². The Morgan fingerprint density at radius 1 is 0.273 bits per heavy atom. The third-order valence-corrected chi connectivity index (χ3v) is 14.4. The van der Waals surface area contributed by atoms with Gasteiger partial charge >= 0.3 is 17.9 Å². The van der Waals surface area contributed by atoms with E-state index in [0.29, 0.717) is 19.3 Å². The maximum atomic E-state index is 12.9. The van der Waals surface area contributed by atoms with E-state index in [-0.39, 0.29) is 37.5 Å². The van der Waals surface area contributed by atoms with Crippen molar-refractivity contribution in [2.75, 3.05) is 13.2 Å². The lowest BCUT2D eigenvalue weighted by molar-refractivity contribution is -0.167. The van der Waals surface area contributed by atoms with Crippen LogP contribution in [0, 0.1) is 0 Å². The van der Waals surface area contributed by atoms with E-state index in [9.17, 15) is 14.4 Å². The van der Waals surface area contributed by atoms with Crippen LogP contribution < -0.4 is 0 Å². The zero-order valence-electron chi connectivity index (χ0n) is 51.0. The molecule has 0 heterocycles. The van der Waals surface area contributed by atoms with E-state index in [1.807, 2.05) is 0 Å². The molecule has 0 rings (SSSR count). The number of rotatable bonds is 60. The molecule has 0 saturated heterocycles. The van der Waals surface area contributed by atoms with Gasteiger partial charge in [0.2, 0.25) is 0 Å². The second-order valence-electron chi connectivity index (χ2n) is 22.0. The smallest absolute Gasteiger partial charge is 0.306 e. The summed E-state index contributed by atoms with van der Waals surface area (Å²) < 4.78 is 16.9. The Morgan fingerprint density at radius 3 is 0.831 bits per heavy atom. The Hall–Kier alpha value is -3.41. The summed E-state index contributed by atoms with van der Waals surface area (Å²) in [6.45, 7) is 6.52. The molecule has 6 heteroatoms. The van der Waals surface area contributed by atoms with Gasteiger partial charge in [-0.3, -0.25) is 14.4 Å². The molecule has 0 aromatic rings. The number of allylic oxidation sites excluding steroid dienone is 14. The maximum Gasteiger partial charge on any atom is 0.306 e.